The van der Waals surface area contributed by atoms with Crippen LogP contribution in [0, 0.1) is 6.92 Å². The fourth-order valence-electron chi connectivity index (χ4n) is 2.61. The van der Waals surface area contributed by atoms with Crippen molar-refractivity contribution in [1.29, 1.82) is 0 Å². The first-order chi connectivity index (χ1) is 11.4. The highest BCUT2D eigenvalue weighted by atomic mass is 32.1. The lowest BCUT2D eigenvalue weighted by Gasteiger charge is -2.18. The molecule has 5 heteroatoms. The summed E-state index contributed by atoms with van der Waals surface area (Å²) in [6.07, 6.45) is 2.11. The summed E-state index contributed by atoms with van der Waals surface area (Å²) >= 11 is 1.69. The number of fused-ring (bicyclic) bond motifs is 1. The van der Waals surface area contributed by atoms with Crippen LogP contribution in [0.15, 0.2) is 36.4 Å². The van der Waals surface area contributed by atoms with Gasteiger partial charge in [0.15, 0.2) is 5.82 Å². The van der Waals surface area contributed by atoms with Crippen LogP contribution in [0.4, 0.5) is 5.82 Å². The third-order valence-electron chi connectivity index (χ3n) is 3.87. The molecule has 2 aromatic heterocycles. The SMILES string of the molecule is Cc1cc2c(NCCCc3ccccc3)nc(C(C)(C)N)nc2s1. The smallest absolute Gasteiger partial charge is 0.151 e. The number of aryl methyl sites for hydroxylation is 2. The molecule has 0 aliphatic carbocycles. The number of anilines is 1. The van der Waals surface area contributed by atoms with Gasteiger partial charge in [0.1, 0.15) is 10.6 Å². The molecule has 0 unspecified atom stereocenters. The van der Waals surface area contributed by atoms with Crippen LogP contribution < -0.4 is 11.1 Å². The number of benzene rings is 1. The standard InChI is InChI=1S/C19H24N4S/c1-13-12-15-16(21-11-7-10-14-8-5-4-6-9-14)22-18(19(2,3)20)23-17(15)24-13/h4-6,8-9,12H,7,10-11,20H2,1-3H3,(H,21,22,23). The summed E-state index contributed by atoms with van der Waals surface area (Å²) in [5, 5.41) is 4.57. The highest BCUT2D eigenvalue weighted by Crippen LogP contribution is 2.30. The number of nitrogens with one attached hydrogen (secondary N) is 1. The van der Waals surface area contributed by atoms with Crippen LogP contribution in [0.25, 0.3) is 10.2 Å². The van der Waals surface area contributed by atoms with E-state index in [2.05, 4.69) is 52.5 Å². The molecule has 0 amide bonds. The summed E-state index contributed by atoms with van der Waals surface area (Å²) in [5.74, 6) is 1.58. The quantitative estimate of drug-likeness (QED) is 0.659. The molecule has 0 saturated carbocycles. The fourth-order valence-corrected chi connectivity index (χ4v) is 3.49. The molecule has 0 bridgehead atoms. The molecule has 3 N–H and O–H groups in total. The van der Waals surface area contributed by atoms with Gasteiger partial charge in [0.25, 0.3) is 0 Å². The summed E-state index contributed by atoms with van der Waals surface area (Å²) in [6.45, 7) is 6.85. The van der Waals surface area contributed by atoms with E-state index in [0.717, 1.165) is 35.4 Å². The molecule has 24 heavy (non-hydrogen) atoms. The second kappa shape index (κ2) is 6.87. The first kappa shape index (κ1) is 16.9. The Labute approximate surface area is 147 Å². The molecular formula is C19H24N4S. The Bertz CT molecular complexity index is 818. The Hall–Kier alpha value is -1.98. The van der Waals surface area contributed by atoms with Crippen molar-refractivity contribution < 1.29 is 0 Å². The highest BCUT2D eigenvalue weighted by molar-refractivity contribution is 7.18. The molecule has 1 aromatic carbocycles. The van der Waals surface area contributed by atoms with Crippen LogP contribution in [-0.2, 0) is 12.0 Å². The second-order valence-corrected chi connectivity index (χ2v) is 7.94. The summed E-state index contributed by atoms with van der Waals surface area (Å²) < 4.78 is 0. The summed E-state index contributed by atoms with van der Waals surface area (Å²) in [6, 6.07) is 12.7. The zero-order valence-electron chi connectivity index (χ0n) is 14.5. The van der Waals surface area contributed by atoms with E-state index in [0.29, 0.717) is 5.82 Å². The van der Waals surface area contributed by atoms with E-state index in [9.17, 15) is 0 Å². The van der Waals surface area contributed by atoms with Gasteiger partial charge in [0.05, 0.1) is 10.9 Å². The third kappa shape index (κ3) is 3.91. The zero-order valence-corrected chi connectivity index (χ0v) is 15.3. The van der Waals surface area contributed by atoms with Gasteiger partial charge in [0.2, 0.25) is 0 Å². The van der Waals surface area contributed by atoms with E-state index in [1.54, 1.807) is 11.3 Å². The monoisotopic (exact) mass is 340 g/mol. The van der Waals surface area contributed by atoms with Gasteiger partial charge in [-0.25, -0.2) is 9.97 Å². The van der Waals surface area contributed by atoms with Crippen LogP contribution in [0.2, 0.25) is 0 Å². The Morgan fingerprint density at radius 1 is 1.17 bits per heavy atom. The van der Waals surface area contributed by atoms with E-state index in [4.69, 9.17) is 5.73 Å². The fraction of sp³-hybridized carbons (Fsp3) is 0.368. The lowest BCUT2D eigenvalue weighted by Crippen LogP contribution is -2.31. The van der Waals surface area contributed by atoms with Crippen molar-refractivity contribution in [3.05, 3.63) is 52.7 Å². The summed E-state index contributed by atoms with van der Waals surface area (Å²) in [4.78, 5) is 11.6. The van der Waals surface area contributed by atoms with Gasteiger partial charge in [-0.3, -0.25) is 0 Å². The zero-order chi connectivity index (χ0) is 17.2. The van der Waals surface area contributed by atoms with Crippen LogP contribution in [0.5, 0.6) is 0 Å². The molecule has 0 saturated heterocycles. The molecule has 0 aliphatic heterocycles. The van der Waals surface area contributed by atoms with Gasteiger partial charge >= 0.3 is 0 Å². The van der Waals surface area contributed by atoms with Crippen molar-refractivity contribution >= 4 is 27.4 Å². The molecule has 0 aliphatic rings. The number of nitrogens with two attached hydrogens (primary N) is 1. The lowest BCUT2D eigenvalue weighted by atomic mass is 10.1. The van der Waals surface area contributed by atoms with Crippen molar-refractivity contribution in [1.82, 2.24) is 9.97 Å². The Kier molecular flexibility index (Phi) is 4.83. The maximum Gasteiger partial charge on any atom is 0.151 e. The number of aromatic nitrogens is 2. The topological polar surface area (TPSA) is 63.8 Å². The van der Waals surface area contributed by atoms with E-state index in [-0.39, 0.29) is 0 Å². The molecular weight excluding hydrogens is 316 g/mol. The average molecular weight is 340 g/mol. The van der Waals surface area contributed by atoms with Crippen molar-refractivity contribution in [3.8, 4) is 0 Å². The number of nitrogens with zero attached hydrogens (tertiary/aromatic N) is 2. The van der Waals surface area contributed by atoms with Crippen molar-refractivity contribution in [2.24, 2.45) is 5.73 Å². The molecule has 0 radical (unpaired) electrons. The lowest BCUT2D eigenvalue weighted by molar-refractivity contribution is 0.517. The Balaban J connectivity index is 1.75. The maximum atomic E-state index is 6.21. The largest absolute Gasteiger partial charge is 0.369 e. The number of hydrogen-bond acceptors (Lipinski definition) is 5. The molecule has 126 valence electrons. The number of thiophene rings is 1. The minimum atomic E-state index is -0.549. The van der Waals surface area contributed by atoms with Crippen LogP contribution in [-0.4, -0.2) is 16.5 Å². The molecule has 2 heterocycles. The predicted molar refractivity (Wildman–Crippen MR) is 103 cm³/mol. The van der Waals surface area contributed by atoms with E-state index in [1.807, 2.05) is 19.9 Å². The first-order valence-electron chi connectivity index (χ1n) is 8.29. The van der Waals surface area contributed by atoms with Gasteiger partial charge in [-0.2, -0.15) is 0 Å². The van der Waals surface area contributed by atoms with Crippen LogP contribution in [0.3, 0.4) is 0 Å². The number of rotatable bonds is 6. The Morgan fingerprint density at radius 2 is 1.92 bits per heavy atom. The minimum absolute atomic E-state index is 0.549. The first-order valence-corrected chi connectivity index (χ1v) is 9.10. The van der Waals surface area contributed by atoms with Gasteiger partial charge in [0, 0.05) is 11.4 Å². The van der Waals surface area contributed by atoms with Crippen molar-refractivity contribution in [2.45, 2.75) is 39.2 Å². The molecule has 0 spiro atoms. The van der Waals surface area contributed by atoms with E-state index in [1.165, 1.54) is 10.4 Å². The average Bonchev–Trinajstić information content (AvgIpc) is 2.92. The van der Waals surface area contributed by atoms with Gasteiger partial charge in [-0.05, 0) is 45.2 Å². The molecule has 0 fully saturated rings. The minimum Gasteiger partial charge on any atom is -0.369 e. The van der Waals surface area contributed by atoms with Gasteiger partial charge < -0.3 is 11.1 Å². The van der Waals surface area contributed by atoms with Crippen LogP contribution in [0.1, 0.15) is 36.5 Å². The van der Waals surface area contributed by atoms with Gasteiger partial charge in [-0.1, -0.05) is 30.3 Å². The third-order valence-corrected chi connectivity index (χ3v) is 4.81. The molecule has 3 aromatic rings. The van der Waals surface area contributed by atoms with Crippen LogP contribution >= 0.6 is 11.3 Å². The van der Waals surface area contributed by atoms with Gasteiger partial charge in [-0.15, -0.1) is 11.3 Å². The highest BCUT2D eigenvalue weighted by Gasteiger charge is 2.21. The number of hydrogen-bond donors (Lipinski definition) is 2. The second-order valence-electron chi connectivity index (χ2n) is 6.71. The predicted octanol–water partition coefficient (Wildman–Crippen LogP) is 4.24. The normalized spacial score (nSPS) is 11.8. The Morgan fingerprint density at radius 3 is 2.62 bits per heavy atom. The van der Waals surface area contributed by atoms with E-state index < -0.39 is 5.54 Å². The van der Waals surface area contributed by atoms with Crippen molar-refractivity contribution in [2.75, 3.05) is 11.9 Å². The molecule has 4 nitrogen and oxygen atoms in total. The van der Waals surface area contributed by atoms with Crippen molar-refractivity contribution in [3.63, 3.8) is 0 Å². The summed E-state index contributed by atoms with van der Waals surface area (Å²) in [7, 11) is 0. The molecule has 3 rings (SSSR count). The summed E-state index contributed by atoms with van der Waals surface area (Å²) in [5.41, 5.74) is 7.02. The van der Waals surface area contributed by atoms with E-state index >= 15 is 0 Å². The maximum absolute atomic E-state index is 6.21. The molecule has 0 atom stereocenters.